The predicted molar refractivity (Wildman–Crippen MR) is 57.6 cm³/mol. The molecule has 0 bridgehead atoms. The normalized spacial score (nSPS) is 26.1. The standard InChI is InChI=1S/C11H8BrF3O2/c1-17-5-10(9(16)11(10,14)15)6-2-3-8(13)7(12)4-6/h2-4H,5H2,1H3/t10-/m0/s1. The van der Waals surface area contributed by atoms with Crippen LogP contribution in [0.4, 0.5) is 13.2 Å². The van der Waals surface area contributed by atoms with Gasteiger partial charge in [0.15, 0.2) is 5.41 Å². The summed E-state index contributed by atoms with van der Waals surface area (Å²) >= 11 is 2.90. The first-order valence-corrected chi connectivity index (χ1v) is 5.54. The summed E-state index contributed by atoms with van der Waals surface area (Å²) in [5, 5.41) is 0. The molecule has 0 spiro atoms. The summed E-state index contributed by atoms with van der Waals surface area (Å²) < 4.78 is 44.6. The van der Waals surface area contributed by atoms with Gasteiger partial charge in [0.25, 0.3) is 0 Å². The number of benzene rings is 1. The van der Waals surface area contributed by atoms with E-state index in [0.29, 0.717) is 0 Å². The molecule has 0 unspecified atom stereocenters. The Labute approximate surface area is 104 Å². The van der Waals surface area contributed by atoms with Crippen molar-refractivity contribution in [1.82, 2.24) is 0 Å². The Morgan fingerprint density at radius 2 is 2.00 bits per heavy atom. The molecule has 17 heavy (non-hydrogen) atoms. The van der Waals surface area contributed by atoms with Gasteiger partial charge >= 0.3 is 5.92 Å². The van der Waals surface area contributed by atoms with Crippen LogP contribution in [0.2, 0.25) is 0 Å². The Bertz CT molecular complexity index is 490. The average Bonchev–Trinajstić information content (AvgIpc) is 2.69. The Kier molecular flexibility index (Phi) is 2.82. The highest BCUT2D eigenvalue weighted by atomic mass is 79.9. The summed E-state index contributed by atoms with van der Waals surface area (Å²) in [4.78, 5) is 11.3. The van der Waals surface area contributed by atoms with Crippen molar-refractivity contribution >= 4 is 21.7 Å². The van der Waals surface area contributed by atoms with Crippen LogP contribution in [0.25, 0.3) is 0 Å². The van der Waals surface area contributed by atoms with Crippen LogP contribution in [0.5, 0.6) is 0 Å². The molecule has 92 valence electrons. The largest absolute Gasteiger partial charge is 0.383 e. The van der Waals surface area contributed by atoms with Crippen LogP contribution in [-0.4, -0.2) is 25.4 Å². The first-order valence-electron chi connectivity index (χ1n) is 4.75. The minimum Gasteiger partial charge on any atom is -0.383 e. The fraction of sp³-hybridized carbons (Fsp3) is 0.364. The molecule has 1 fully saturated rings. The average molecular weight is 309 g/mol. The van der Waals surface area contributed by atoms with Crippen molar-refractivity contribution < 1.29 is 22.7 Å². The van der Waals surface area contributed by atoms with E-state index in [1.54, 1.807) is 0 Å². The van der Waals surface area contributed by atoms with Crippen molar-refractivity contribution in [3.8, 4) is 0 Å². The number of ether oxygens (including phenoxy) is 1. The van der Waals surface area contributed by atoms with Gasteiger partial charge in [-0.25, -0.2) is 4.39 Å². The van der Waals surface area contributed by atoms with Crippen LogP contribution in [0, 0.1) is 5.82 Å². The first-order chi connectivity index (χ1) is 7.88. The maximum absolute atomic E-state index is 13.4. The van der Waals surface area contributed by atoms with Gasteiger partial charge in [-0.15, -0.1) is 0 Å². The van der Waals surface area contributed by atoms with Crippen molar-refractivity contribution in [3.05, 3.63) is 34.1 Å². The molecule has 2 rings (SSSR count). The Morgan fingerprint density at radius 3 is 2.41 bits per heavy atom. The van der Waals surface area contributed by atoms with E-state index in [1.165, 1.54) is 19.2 Å². The van der Waals surface area contributed by atoms with E-state index >= 15 is 0 Å². The van der Waals surface area contributed by atoms with E-state index in [9.17, 15) is 18.0 Å². The fourth-order valence-corrected chi connectivity index (χ4v) is 2.27. The van der Waals surface area contributed by atoms with E-state index in [4.69, 9.17) is 0 Å². The quantitative estimate of drug-likeness (QED) is 0.858. The molecule has 0 aromatic heterocycles. The summed E-state index contributed by atoms with van der Waals surface area (Å²) in [7, 11) is 1.24. The molecule has 1 atom stereocenters. The van der Waals surface area contributed by atoms with Gasteiger partial charge in [-0.1, -0.05) is 6.07 Å². The number of methoxy groups -OCH3 is 1. The Balaban J connectivity index is 2.50. The SMILES string of the molecule is COC[C@]1(c2ccc(F)c(Br)c2)C(=O)C1(F)F. The zero-order chi connectivity index (χ0) is 12.8. The Morgan fingerprint density at radius 1 is 1.41 bits per heavy atom. The number of ketones is 1. The van der Waals surface area contributed by atoms with Crippen LogP contribution in [-0.2, 0) is 14.9 Å². The molecule has 0 N–H and O–H groups in total. The van der Waals surface area contributed by atoms with Gasteiger partial charge in [0.1, 0.15) is 5.82 Å². The second-order valence-corrected chi connectivity index (χ2v) is 4.73. The summed E-state index contributed by atoms with van der Waals surface area (Å²) in [5.74, 6) is -5.21. The van der Waals surface area contributed by atoms with Crippen molar-refractivity contribution in [3.63, 3.8) is 0 Å². The number of hydrogen-bond acceptors (Lipinski definition) is 2. The molecule has 6 heteroatoms. The van der Waals surface area contributed by atoms with Crippen LogP contribution in [0.3, 0.4) is 0 Å². The number of Topliss-reactive ketones (excluding diaryl/α,β-unsaturated/α-hetero) is 1. The molecule has 0 amide bonds. The third-order valence-corrected chi connectivity index (χ3v) is 3.53. The molecule has 0 heterocycles. The van der Waals surface area contributed by atoms with Crippen LogP contribution < -0.4 is 0 Å². The summed E-state index contributed by atoms with van der Waals surface area (Å²) in [6.45, 7) is -0.420. The van der Waals surface area contributed by atoms with Gasteiger partial charge in [-0.05, 0) is 33.6 Å². The van der Waals surface area contributed by atoms with Gasteiger partial charge in [-0.3, -0.25) is 4.79 Å². The van der Waals surface area contributed by atoms with Gasteiger partial charge in [0.2, 0.25) is 5.78 Å². The molecule has 0 saturated heterocycles. The van der Waals surface area contributed by atoms with Crippen LogP contribution in [0.1, 0.15) is 5.56 Å². The summed E-state index contributed by atoms with van der Waals surface area (Å²) in [5.41, 5.74) is -1.90. The highest BCUT2D eigenvalue weighted by Crippen LogP contribution is 2.58. The van der Waals surface area contributed by atoms with E-state index in [-0.39, 0.29) is 10.0 Å². The minimum atomic E-state index is -3.44. The van der Waals surface area contributed by atoms with Gasteiger partial charge < -0.3 is 4.74 Å². The third kappa shape index (κ3) is 1.54. The molecule has 0 radical (unpaired) electrons. The van der Waals surface area contributed by atoms with E-state index in [2.05, 4.69) is 20.7 Å². The van der Waals surface area contributed by atoms with Gasteiger partial charge in [0, 0.05) is 7.11 Å². The zero-order valence-corrected chi connectivity index (χ0v) is 10.4. The molecule has 1 aliphatic carbocycles. The smallest absolute Gasteiger partial charge is 0.325 e. The topological polar surface area (TPSA) is 26.3 Å². The molecule has 2 nitrogen and oxygen atoms in total. The van der Waals surface area contributed by atoms with Crippen molar-refractivity contribution in [2.24, 2.45) is 0 Å². The number of rotatable bonds is 3. The fourth-order valence-electron chi connectivity index (χ4n) is 1.89. The number of carbonyl (C=O) groups excluding carboxylic acids is 1. The van der Waals surface area contributed by atoms with Crippen LogP contribution in [0.15, 0.2) is 22.7 Å². The first kappa shape index (κ1) is 12.6. The molecule has 1 aromatic rings. The maximum Gasteiger partial charge on any atom is 0.325 e. The molecular weight excluding hydrogens is 301 g/mol. The predicted octanol–water partition coefficient (Wildman–Crippen LogP) is 2.69. The number of hydrogen-bond donors (Lipinski definition) is 0. The minimum absolute atomic E-state index is 0.0426. The number of halogens is 4. The Hall–Kier alpha value is -0.880. The molecule has 1 aromatic carbocycles. The van der Waals surface area contributed by atoms with Crippen molar-refractivity contribution in [2.45, 2.75) is 11.3 Å². The molecule has 1 aliphatic rings. The molecular formula is C11H8BrF3O2. The van der Waals surface area contributed by atoms with E-state index in [1.807, 2.05) is 0 Å². The molecule has 1 saturated carbocycles. The van der Waals surface area contributed by atoms with Crippen molar-refractivity contribution in [2.75, 3.05) is 13.7 Å². The summed E-state index contributed by atoms with van der Waals surface area (Å²) in [6, 6.07) is 3.41. The highest BCUT2D eigenvalue weighted by molar-refractivity contribution is 9.10. The summed E-state index contributed by atoms with van der Waals surface area (Å²) in [6.07, 6.45) is 0. The maximum atomic E-state index is 13.4. The highest BCUT2D eigenvalue weighted by Gasteiger charge is 2.82. The number of carbonyl (C=O) groups is 1. The second kappa shape index (κ2) is 3.81. The van der Waals surface area contributed by atoms with Crippen molar-refractivity contribution in [1.29, 1.82) is 0 Å². The van der Waals surface area contributed by atoms with Crippen LogP contribution >= 0.6 is 15.9 Å². The lowest BCUT2D eigenvalue weighted by Crippen LogP contribution is -2.23. The third-order valence-electron chi connectivity index (χ3n) is 2.92. The number of alkyl halides is 2. The van der Waals surface area contributed by atoms with Gasteiger partial charge in [-0.2, -0.15) is 8.78 Å². The van der Waals surface area contributed by atoms with E-state index in [0.717, 1.165) is 6.07 Å². The second-order valence-electron chi connectivity index (χ2n) is 3.87. The lowest BCUT2D eigenvalue weighted by atomic mass is 9.96. The van der Waals surface area contributed by atoms with E-state index < -0.39 is 29.5 Å². The van der Waals surface area contributed by atoms with Gasteiger partial charge in [0.05, 0.1) is 11.1 Å². The molecule has 0 aliphatic heterocycles. The lowest BCUT2D eigenvalue weighted by molar-refractivity contribution is -0.117. The zero-order valence-electron chi connectivity index (χ0n) is 8.77. The lowest BCUT2D eigenvalue weighted by Gasteiger charge is -2.13. The monoisotopic (exact) mass is 308 g/mol.